The molecule has 0 aromatic heterocycles. The van der Waals surface area contributed by atoms with Crippen molar-refractivity contribution in [3.05, 3.63) is 75.4 Å². The first kappa shape index (κ1) is 33.2. The molecule has 3 aromatic rings. The number of aryl methyl sites for hydroxylation is 1. The smallest absolute Gasteiger partial charge is 0.248 e. The lowest BCUT2D eigenvalue weighted by Crippen LogP contribution is -2.36. The molecule has 3 amide bonds. The maximum Gasteiger partial charge on any atom is 0.248 e. The number of thioether (sulfide) groups is 1. The number of rotatable bonds is 12. The van der Waals surface area contributed by atoms with E-state index in [4.69, 9.17) is 19.9 Å². The number of primary amides is 1. The Labute approximate surface area is 266 Å². The molecule has 238 valence electrons. The van der Waals surface area contributed by atoms with Crippen LogP contribution in [0.1, 0.15) is 47.3 Å². The molecule has 0 fully saturated rings. The quantitative estimate of drug-likeness (QED) is 0.230. The van der Waals surface area contributed by atoms with E-state index in [1.54, 1.807) is 50.2 Å². The fraction of sp³-hybridized carbons (Fsp3) is 0.333. The number of carbonyl (C=O) groups excluding carboxylic acids is 3. The van der Waals surface area contributed by atoms with Crippen LogP contribution >= 0.6 is 11.8 Å². The second kappa shape index (κ2) is 14.8. The molecule has 0 heterocycles. The van der Waals surface area contributed by atoms with Crippen molar-refractivity contribution in [2.75, 3.05) is 44.0 Å². The first-order chi connectivity index (χ1) is 21.6. The van der Waals surface area contributed by atoms with Crippen molar-refractivity contribution in [2.45, 2.75) is 38.3 Å². The summed E-state index contributed by atoms with van der Waals surface area (Å²) < 4.78 is 17.1. The number of methoxy groups -OCH3 is 3. The van der Waals surface area contributed by atoms with Gasteiger partial charge in [-0.15, -0.1) is 0 Å². The molecule has 1 aliphatic rings. The van der Waals surface area contributed by atoms with E-state index >= 15 is 0 Å². The van der Waals surface area contributed by atoms with Crippen molar-refractivity contribution < 1.29 is 28.6 Å². The van der Waals surface area contributed by atoms with E-state index in [1.165, 1.54) is 32.2 Å². The van der Waals surface area contributed by atoms with Crippen molar-refractivity contribution in [1.82, 2.24) is 5.32 Å². The first-order valence-corrected chi connectivity index (χ1v) is 15.7. The fourth-order valence-electron chi connectivity index (χ4n) is 5.47. The van der Waals surface area contributed by atoms with Gasteiger partial charge in [0, 0.05) is 23.7 Å². The van der Waals surface area contributed by atoms with Gasteiger partial charge in [0.05, 0.1) is 33.1 Å². The summed E-state index contributed by atoms with van der Waals surface area (Å²) >= 11 is 1.58. The monoisotopic (exact) mass is 634 g/mol. The molecular weight excluding hydrogens is 596 g/mol. The van der Waals surface area contributed by atoms with Crippen molar-refractivity contribution in [3.63, 3.8) is 0 Å². The number of amides is 3. The van der Waals surface area contributed by atoms with Crippen LogP contribution in [0.2, 0.25) is 0 Å². The number of fused-ring (bicyclic) bond motifs is 3. The minimum absolute atomic E-state index is 0.218. The van der Waals surface area contributed by atoms with Crippen LogP contribution < -0.4 is 41.3 Å². The summed E-state index contributed by atoms with van der Waals surface area (Å²) in [7, 11) is 4.62. The highest BCUT2D eigenvalue weighted by molar-refractivity contribution is 7.98. The molecule has 0 spiro atoms. The lowest BCUT2D eigenvalue weighted by molar-refractivity contribution is -0.120. The third-order valence-corrected chi connectivity index (χ3v) is 8.25. The molecule has 5 N–H and O–H groups in total. The molecule has 2 unspecified atom stereocenters. The molecule has 12 heteroatoms. The van der Waals surface area contributed by atoms with E-state index in [-0.39, 0.29) is 22.9 Å². The van der Waals surface area contributed by atoms with E-state index in [0.717, 1.165) is 11.1 Å². The number of nitrogens with one attached hydrogen (secondary N) is 3. The zero-order valence-electron chi connectivity index (χ0n) is 25.9. The molecular formula is C33H38N4O7S. The lowest BCUT2D eigenvalue weighted by atomic mass is 9.95. The summed E-state index contributed by atoms with van der Waals surface area (Å²) in [6, 6.07) is 11.9. The van der Waals surface area contributed by atoms with Gasteiger partial charge in [0.15, 0.2) is 11.5 Å². The van der Waals surface area contributed by atoms with Gasteiger partial charge in [0.1, 0.15) is 6.04 Å². The Morgan fingerprint density at radius 2 is 1.71 bits per heavy atom. The van der Waals surface area contributed by atoms with E-state index in [2.05, 4.69) is 16.0 Å². The van der Waals surface area contributed by atoms with Crippen molar-refractivity contribution in [2.24, 2.45) is 5.73 Å². The summed E-state index contributed by atoms with van der Waals surface area (Å²) in [6.07, 6.45) is 3.47. The van der Waals surface area contributed by atoms with Crippen LogP contribution in [0.3, 0.4) is 0 Å². The van der Waals surface area contributed by atoms with Crippen LogP contribution in [0.15, 0.2) is 53.3 Å². The van der Waals surface area contributed by atoms with Gasteiger partial charge in [0.25, 0.3) is 0 Å². The molecule has 4 rings (SSSR count). The Kier molecular flexibility index (Phi) is 10.9. The van der Waals surface area contributed by atoms with Crippen LogP contribution in [0.4, 0.5) is 11.4 Å². The maximum absolute atomic E-state index is 13.8. The van der Waals surface area contributed by atoms with E-state index < -0.39 is 18.0 Å². The molecule has 0 aliphatic heterocycles. The summed E-state index contributed by atoms with van der Waals surface area (Å²) in [5.41, 5.74) is 8.95. The number of anilines is 2. The zero-order chi connectivity index (χ0) is 32.7. The molecule has 11 nitrogen and oxygen atoms in total. The molecule has 2 atom stereocenters. The van der Waals surface area contributed by atoms with Crippen LogP contribution in [0.25, 0.3) is 11.1 Å². The van der Waals surface area contributed by atoms with E-state index in [0.29, 0.717) is 64.6 Å². The largest absolute Gasteiger partial charge is 0.493 e. The molecule has 0 radical (unpaired) electrons. The first-order valence-electron chi connectivity index (χ1n) is 14.4. The third-order valence-electron chi connectivity index (χ3n) is 7.61. The summed E-state index contributed by atoms with van der Waals surface area (Å²) in [5, 5.41) is 9.01. The number of ether oxygens (including phenoxy) is 3. The second-order valence-corrected chi connectivity index (χ2v) is 11.5. The Bertz CT molecular complexity index is 1650. The molecule has 45 heavy (non-hydrogen) atoms. The summed E-state index contributed by atoms with van der Waals surface area (Å²) in [6.45, 7) is 1.44. The molecule has 1 aliphatic carbocycles. The van der Waals surface area contributed by atoms with Gasteiger partial charge in [-0.3, -0.25) is 19.2 Å². The normalized spacial score (nSPS) is 14.1. The van der Waals surface area contributed by atoms with E-state index in [1.807, 2.05) is 12.3 Å². The van der Waals surface area contributed by atoms with Gasteiger partial charge in [-0.2, -0.15) is 11.8 Å². The van der Waals surface area contributed by atoms with Gasteiger partial charge in [-0.25, -0.2) is 0 Å². The topological polar surface area (TPSA) is 158 Å². The van der Waals surface area contributed by atoms with Crippen molar-refractivity contribution in [3.8, 4) is 28.4 Å². The van der Waals surface area contributed by atoms with E-state index in [9.17, 15) is 19.2 Å². The molecule has 0 saturated carbocycles. The van der Waals surface area contributed by atoms with Crippen LogP contribution in [0, 0.1) is 0 Å². The standard InChI is InChI=1S/C33H38N4O7S/c1-18(38)35-24-12-8-20-16-28(42-2)30(43-3)31(44-4)29(20)22-11-13-25(27(39)17-23(22)24)37-26(14-15-45-5)33(41)36-21-9-6-19(7-10-21)32(34)40/h6-7,9-11,13,16-17,24,26H,8,12,14-15H2,1-5H3,(H2,34,40)(H,35,38)(H,36,41)(H,37,39). The Balaban J connectivity index is 1.80. The number of carbonyl (C=O) groups is 3. The molecule has 0 bridgehead atoms. The van der Waals surface area contributed by atoms with Crippen LogP contribution in [0.5, 0.6) is 17.2 Å². The maximum atomic E-state index is 13.8. The fourth-order valence-corrected chi connectivity index (χ4v) is 5.94. The van der Waals surface area contributed by atoms with Crippen LogP contribution in [-0.2, 0) is 16.0 Å². The minimum Gasteiger partial charge on any atom is -0.493 e. The molecule has 0 saturated heterocycles. The molecule has 3 aromatic carbocycles. The highest BCUT2D eigenvalue weighted by atomic mass is 32.2. The minimum atomic E-state index is -0.750. The van der Waals surface area contributed by atoms with Gasteiger partial charge in [-0.1, -0.05) is 6.07 Å². The van der Waals surface area contributed by atoms with Gasteiger partial charge >= 0.3 is 0 Å². The predicted molar refractivity (Wildman–Crippen MR) is 177 cm³/mol. The summed E-state index contributed by atoms with van der Waals surface area (Å²) in [4.78, 5) is 50.9. The van der Waals surface area contributed by atoms with Gasteiger partial charge in [0.2, 0.25) is 28.9 Å². The lowest BCUT2D eigenvalue weighted by Gasteiger charge is -2.19. The number of nitrogens with two attached hydrogens (primary N) is 1. The van der Waals surface area contributed by atoms with Crippen molar-refractivity contribution in [1.29, 1.82) is 0 Å². The van der Waals surface area contributed by atoms with Gasteiger partial charge in [-0.05, 0) is 90.4 Å². The van der Waals surface area contributed by atoms with Crippen LogP contribution in [-0.4, -0.2) is 57.1 Å². The SMILES string of the molecule is COc1cc2c(c(OC)c1OC)-c1ccc(NC(CCSC)C(=O)Nc3ccc(C(N)=O)cc3)c(=O)cc1C(NC(C)=O)CC2. The average Bonchev–Trinajstić information content (AvgIpc) is 3.26. The Hall–Kier alpha value is -4.71. The number of hydrogen-bond acceptors (Lipinski definition) is 9. The van der Waals surface area contributed by atoms with Gasteiger partial charge < -0.3 is 35.9 Å². The van der Waals surface area contributed by atoms with Crippen molar-refractivity contribution >= 4 is 40.9 Å². The Morgan fingerprint density at radius 3 is 2.31 bits per heavy atom. The highest BCUT2D eigenvalue weighted by Gasteiger charge is 2.30. The Morgan fingerprint density at radius 1 is 1.00 bits per heavy atom. The average molecular weight is 635 g/mol. The highest BCUT2D eigenvalue weighted by Crippen LogP contribution is 2.50. The second-order valence-electron chi connectivity index (χ2n) is 10.5. The zero-order valence-corrected chi connectivity index (χ0v) is 26.8. The summed E-state index contributed by atoms with van der Waals surface area (Å²) in [5.74, 6) is 0.886. The number of benzene rings is 2. The predicted octanol–water partition coefficient (Wildman–Crippen LogP) is 4.13. The third kappa shape index (κ3) is 7.51. The number of hydrogen-bond donors (Lipinski definition) is 4.